The summed E-state index contributed by atoms with van der Waals surface area (Å²) in [6.07, 6.45) is 3.95. The minimum absolute atomic E-state index is 0.0186. The number of hydrogen-bond acceptors (Lipinski definition) is 4. The molecule has 0 aromatic heterocycles. The first-order valence-corrected chi connectivity index (χ1v) is 9.26. The van der Waals surface area contributed by atoms with Crippen molar-refractivity contribution in [2.75, 3.05) is 11.5 Å². The lowest BCUT2D eigenvalue weighted by atomic mass is 10.3. The third-order valence-electron chi connectivity index (χ3n) is 2.95. The van der Waals surface area contributed by atoms with Gasteiger partial charge in [0.1, 0.15) is 0 Å². The molecule has 1 atom stereocenters. The van der Waals surface area contributed by atoms with Gasteiger partial charge in [0.2, 0.25) is 0 Å². The Hall–Kier alpha value is -0.100. The molecule has 0 aliphatic carbocycles. The number of unbranched alkanes of at least 4 members (excludes halogenated alkanes) is 2. The predicted octanol–water partition coefficient (Wildman–Crippen LogP) is 1.52. The summed E-state index contributed by atoms with van der Waals surface area (Å²) < 4.78 is 46.0. The van der Waals surface area contributed by atoms with Gasteiger partial charge in [-0.3, -0.25) is 0 Å². The Morgan fingerprint density at radius 3 is 2.44 bits per heavy atom. The van der Waals surface area contributed by atoms with Gasteiger partial charge in [-0.2, -0.15) is 0 Å². The van der Waals surface area contributed by atoms with Crippen molar-refractivity contribution in [1.29, 1.82) is 0 Å². The number of hydrogen-bond donors (Lipinski definition) is 0. The van der Waals surface area contributed by atoms with E-state index < -0.39 is 24.3 Å². The fraction of sp³-hybridized carbons (Fsp3) is 1.00. The van der Waals surface area contributed by atoms with Crippen molar-refractivity contribution in [3.05, 3.63) is 0 Å². The van der Waals surface area contributed by atoms with Crippen LogP contribution in [-0.2, 0) is 19.7 Å². The molecule has 0 bridgehead atoms. The van der Waals surface area contributed by atoms with E-state index in [4.69, 9.17) is 0 Å². The van der Waals surface area contributed by atoms with E-state index in [0.29, 0.717) is 19.3 Å². The van der Waals surface area contributed by atoms with Crippen LogP contribution in [0.3, 0.4) is 0 Å². The lowest BCUT2D eigenvalue weighted by Gasteiger charge is -2.22. The van der Waals surface area contributed by atoms with Gasteiger partial charge in [-0.15, -0.1) is 0 Å². The molecule has 6 heteroatoms. The molecule has 0 spiro atoms. The van der Waals surface area contributed by atoms with E-state index in [1.54, 1.807) is 0 Å². The average Bonchev–Trinajstić information content (AvgIpc) is 2.16. The molecule has 16 heavy (non-hydrogen) atoms. The van der Waals surface area contributed by atoms with Crippen molar-refractivity contribution in [2.24, 2.45) is 0 Å². The van der Waals surface area contributed by atoms with Crippen LogP contribution in [0.2, 0.25) is 0 Å². The molecule has 1 saturated heterocycles. The van der Waals surface area contributed by atoms with Gasteiger partial charge < -0.3 is 0 Å². The third-order valence-corrected chi connectivity index (χ3v) is 8.50. The summed E-state index contributed by atoms with van der Waals surface area (Å²) in [5, 5.41) is 0. The molecule has 0 N–H and O–H groups in total. The monoisotopic (exact) mass is 268 g/mol. The van der Waals surface area contributed by atoms with E-state index >= 15 is 0 Å². The maximum atomic E-state index is 11.9. The van der Waals surface area contributed by atoms with E-state index in [0.717, 1.165) is 12.8 Å². The standard InChI is InChI=1S/C10H20O4S2/c1-2-3-5-8-15(11,12)10-7-4-6-9-16(10,13)14/h10H,2-9H2,1H3. The zero-order chi connectivity index (χ0) is 12.2. The number of rotatable bonds is 5. The lowest BCUT2D eigenvalue weighted by Crippen LogP contribution is -2.36. The molecule has 0 aromatic carbocycles. The van der Waals surface area contributed by atoms with E-state index in [9.17, 15) is 16.8 Å². The first-order valence-electron chi connectivity index (χ1n) is 5.83. The van der Waals surface area contributed by atoms with Crippen LogP contribution in [0.4, 0.5) is 0 Å². The molecule has 0 radical (unpaired) electrons. The van der Waals surface area contributed by atoms with Crippen molar-refractivity contribution in [3.8, 4) is 0 Å². The zero-order valence-electron chi connectivity index (χ0n) is 9.68. The molecule has 96 valence electrons. The van der Waals surface area contributed by atoms with Gasteiger partial charge >= 0.3 is 0 Å². The Bertz CT molecular complexity index is 408. The van der Waals surface area contributed by atoms with Crippen molar-refractivity contribution in [3.63, 3.8) is 0 Å². The maximum Gasteiger partial charge on any atom is 0.167 e. The van der Waals surface area contributed by atoms with Crippen LogP contribution in [-0.4, -0.2) is 32.9 Å². The Morgan fingerprint density at radius 1 is 1.19 bits per heavy atom. The first kappa shape index (κ1) is 14.0. The quantitative estimate of drug-likeness (QED) is 0.709. The molecule has 1 aliphatic rings. The third kappa shape index (κ3) is 3.45. The second kappa shape index (κ2) is 5.49. The van der Waals surface area contributed by atoms with Crippen LogP contribution in [0, 0.1) is 0 Å². The van der Waals surface area contributed by atoms with Crippen LogP contribution in [0.1, 0.15) is 45.4 Å². The summed E-state index contributed by atoms with van der Waals surface area (Å²) in [5.41, 5.74) is 0. The Labute approximate surface area is 98.3 Å². The van der Waals surface area contributed by atoms with Gasteiger partial charge in [0, 0.05) is 0 Å². The normalized spacial score (nSPS) is 25.4. The van der Waals surface area contributed by atoms with Crippen LogP contribution < -0.4 is 0 Å². The summed E-state index contributed by atoms with van der Waals surface area (Å²) in [4.78, 5) is 0. The van der Waals surface area contributed by atoms with Gasteiger partial charge in [-0.1, -0.05) is 26.2 Å². The fourth-order valence-corrected chi connectivity index (χ4v) is 7.17. The minimum Gasteiger partial charge on any atom is -0.227 e. The zero-order valence-corrected chi connectivity index (χ0v) is 11.3. The topological polar surface area (TPSA) is 68.3 Å². The largest absolute Gasteiger partial charge is 0.227 e. The van der Waals surface area contributed by atoms with Crippen LogP contribution in [0.5, 0.6) is 0 Å². The summed E-state index contributed by atoms with van der Waals surface area (Å²) in [5.74, 6) is 0.0510. The Morgan fingerprint density at radius 2 is 1.88 bits per heavy atom. The molecular weight excluding hydrogens is 248 g/mol. The smallest absolute Gasteiger partial charge is 0.167 e. The van der Waals surface area contributed by atoms with Gasteiger partial charge in [0.15, 0.2) is 24.3 Å². The van der Waals surface area contributed by atoms with Gasteiger partial charge in [-0.25, -0.2) is 16.8 Å². The summed E-state index contributed by atoms with van der Waals surface area (Å²) in [6, 6.07) is 0. The molecule has 0 saturated carbocycles. The molecule has 1 rings (SSSR count). The molecule has 4 nitrogen and oxygen atoms in total. The molecule has 1 fully saturated rings. The summed E-state index contributed by atoms with van der Waals surface area (Å²) >= 11 is 0. The van der Waals surface area contributed by atoms with Gasteiger partial charge in [-0.05, 0) is 19.3 Å². The molecule has 1 aliphatic heterocycles. The molecule has 0 amide bonds. The highest BCUT2D eigenvalue weighted by Gasteiger charge is 2.38. The van der Waals surface area contributed by atoms with Crippen molar-refractivity contribution < 1.29 is 16.8 Å². The van der Waals surface area contributed by atoms with Crippen molar-refractivity contribution >= 4 is 19.7 Å². The van der Waals surface area contributed by atoms with Crippen LogP contribution in [0.25, 0.3) is 0 Å². The molecular formula is C10H20O4S2. The van der Waals surface area contributed by atoms with E-state index in [1.165, 1.54) is 0 Å². The SMILES string of the molecule is CCCCCS(=O)(=O)C1CCCCS1(=O)=O. The average molecular weight is 268 g/mol. The van der Waals surface area contributed by atoms with Gasteiger partial charge in [0.05, 0.1) is 11.5 Å². The highest BCUT2D eigenvalue weighted by Crippen LogP contribution is 2.25. The second-order valence-electron chi connectivity index (χ2n) is 4.37. The molecule has 0 aromatic rings. The number of sulfone groups is 2. The molecule has 1 heterocycles. The summed E-state index contributed by atoms with van der Waals surface area (Å²) in [7, 11) is -6.86. The van der Waals surface area contributed by atoms with Crippen LogP contribution in [0.15, 0.2) is 0 Å². The van der Waals surface area contributed by atoms with Crippen molar-refractivity contribution in [1.82, 2.24) is 0 Å². The fourth-order valence-electron chi connectivity index (χ4n) is 2.01. The predicted molar refractivity (Wildman–Crippen MR) is 64.7 cm³/mol. The Balaban J connectivity index is 2.74. The second-order valence-corrected chi connectivity index (χ2v) is 9.27. The van der Waals surface area contributed by atoms with E-state index in [-0.39, 0.29) is 17.9 Å². The maximum absolute atomic E-state index is 11.9. The highest BCUT2D eigenvalue weighted by molar-refractivity contribution is 8.09. The Kier molecular flexibility index (Phi) is 4.79. The highest BCUT2D eigenvalue weighted by atomic mass is 32.3. The molecule has 1 unspecified atom stereocenters. The van der Waals surface area contributed by atoms with Crippen molar-refractivity contribution in [2.45, 2.75) is 50.0 Å². The van der Waals surface area contributed by atoms with E-state index in [2.05, 4.69) is 0 Å². The first-order chi connectivity index (χ1) is 7.40. The van der Waals surface area contributed by atoms with E-state index in [1.807, 2.05) is 6.92 Å². The summed E-state index contributed by atoms with van der Waals surface area (Å²) in [6.45, 7) is 1.99. The lowest BCUT2D eigenvalue weighted by molar-refractivity contribution is 0.547. The van der Waals surface area contributed by atoms with Gasteiger partial charge in [0.25, 0.3) is 0 Å². The minimum atomic E-state index is -3.45. The van der Waals surface area contributed by atoms with Crippen LogP contribution >= 0.6 is 0 Å².